The second kappa shape index (κ2) is 10.1. The van der Waals surface area contributed by atoms with Crippen molar-refractivity contribution in [3.05, 3.63) is 53.5 Å². The minimum Gasteiger partial charge on any atom is -0.459 e. The van der Waals surface area contributed by atoms with Crippen LogP contribution >= 0.6 is 0 Å². The highest BCUT2D eigenvalue weighted by atomic mass is 32.2. The van der Waals surface area contributed by atoms with Gasteiger partial charge in [0.05, 0.1) is 11.2 Å². The molecule has 8 nitrogen and oxygen atoms in total. The number of rotatable bonds is 5. The summed E-state index contributed by atoms with van der Waals surface area (Å²) in [6.07, 6.45) is 6.56. The molecule has 2 amide bonds. The summed E-state index contributed by atoms with van der Waals surface area (Å²) in [6, 6.07) is 8.07. The van der Waals surface area contributed by atoms with Gasteiger partial charge in [0.1, 0.15) is 0 Å². The Bertz CT molecular complexity index is 1090. The lowest BCUT2D eigenvalue weighted by molar-refractivity contribution is 0.0695. The van der Waals surface area contributed by atoms with Crippen molar-refractivity contribution in [2.75, 3.05) is 26.2 Å². The maximum Gasteiger partial charge on any atom is 0.287 e. The normalized spacial score (nSPS) is 18.6. The Labute approximate surface area is 195 Å². The summed E-state index contributed by atoms with van der Waals surface area (Å²) in [6.45, 7) is 3.85. The van der Waals surface area contributed by atoms with Crippen LogP contribution in [-0.2, 0) is 10.0 Å². The quantitative estimate of drug-likeness (QED) is 0.719. The molecule has 2 aliphatic rings. The van der Waals surface area contributed by atoms with Gasteiger partial charge in [0.2, 0.25) is 10.0 Å². The fourth-order valence-electron chi connectivity index (χ4n) is 4.49. The fraction of sp³-hybridized carbons (Fsp3) is 0.500. The van der Waals surface area contributed by atoms with Crippen molar-refractivity contribution < 1.29 is 22.4 Å². The number of nitrogens with one attached hydrogen (secondary N) is 1. The van der Waals surface area contributed by atoms with Crippen LogP contribution in [0.2, 0.25) is 0 Å². The number of hydrogen-bond acceptors (Lipinski definition) is 5. The standard InChI is InChI=1S/C24H31N3O5S/c1-18-11-16-32-22(18)23(28)25-20-9-14-26(15-10-20)24(29)19-7-6-8-21(17-19)33(30,31)27-12-4-2-3-5-13-27/h6-8,11,16-17,20H,2-5,9-10,12-15H2,1H3,(H,25,28). The molecule has 3 heterocycles. The smallest absolute Gasteiger partial charge is 0.287 e. The van der Waals surface area contributed by atoms with Gasteiger partial charge in [0.15, 0.2) is 5.76 Å². The third-order valence-corrected chi connectivity index (χ3v) is 8.36. The zero-order valence-electron chi connectivity index (χ0n) is 19.0. The van der Waals surface area contributed by atoms with E-state index in [0.717, 1.165) is 31.2 Å². The summed E-state index contributed by atoms with van der Waals surface area (Å²) < 4.78 is 33.0. The molecule has 9 heteroatoms. The van der Waals surface area contributed by atoms with Crippen molar-refractivity contribution in [1.29, 1.82) is 0 Å². The molecular weight excluding hydrogens is 442 g/mol. The zero-order chi connectivity index (χ0) is 23.4. The van der Waals surface area contributed by atoms with Gasteiger partial charge in [-0.25, -0.2) is 8.42 Å². The number of carbonyl (C=O) groups excluding carboxylic acids is 2. The van der Waals surface area contributed by atoms with E-state index in [9.17, 15) is 18.0 Å². The number of aryl methyl sites for hydroxylation is 1. The fourth-order valence-corrected chi connectivity index (χ4v) is 6.05. The molecule has 0 atom stereocenters. The first-order valence-corrected chi connectivity index (χ1v) is 13.0. The summed E-state index contributed by atoms with van der Waals surface area (Å²) in [5, 5.41) is 2.98. The van der Waals surface area contributed by atoms with Gasteiger partial charge in [-0.2, -0.15) is 4.31 Å². The number of nitrogens with zero attached hydrogens (tertiary/aromatic N) is 2. The van der Waals surface area contributed by atoms with Crippen molar-refractivity contribution in [2.45, 2.75) is 56.4 Å². The highest BCUT2D eigenvalue weighted by Gasteiger charge is 2.28. The molecule has 1 aromatic heterocycles. The number of hydrogen-bond donors (Lipinski definition) is 1. The maximum absolute atomic E-state index is 13.1. The van der Waals surface area contributed by atoms with E-state index in [0.29, 0.717) is 50.3 Å². The highest BCUT2D eigenvalue weighted by Crippen LogP contribution is 2.22. The van der Waals surface area contributed by atoms with Crippen LogP contribution in [0.25, 0.3) is 0 Å². The minimum atomic E-state index is -3.61. The van der Waals surface area contributed by atoms with Crippen molar-refractivity contribution in [3.63, 3.8) is 0 Å². The van der Waals surface area contributed by atoms with Gasteiger partial charge < -0.3 is 14.6 Å². The van der Waals surface area contributed by atoms with Crippen LogP contribution in [0.4, 0.5) is 0 Å². The van der Waals surface area contributed by atoms with Crippen molar-refractivity contribution >= 4 is 21.8 Å². The van der Waals surface area contributed by atoms with Crippen LogP contribution in [0.1, 0.15) is 65.0 Å². The molecule has 2 aromatic rings. The van der Waals surface area contributed by atoms with Gasteiger partial charge >= 0.3 is 0 Å². The van der Waals surface area contributed by atoms with Crippen LogP contribution in [0.3, 0.4) is 0 Å². The predicted octanol–water partition coefficient (Wildman–Crippen LogP) is 3.19. The minimum absolute atomic E-state index is 0.0409. The Morgan fingerprint density at radius 2 is 1.70 bits per heavy atom. The maximum atomic E-state index is 13.1. The predicted molar refractivity (Wildman–Crippen MR) is 124 cm³/mol. The van der Waals surface area contributed by atoms with E-state index in [2.05, 4.69) is 5.32 Å². The third-order valence-electron chi connectivity index (χ3n) is 6.47. The first-order chi connectivity index (χ1) is 15.9. The van der Waals surface area contributed by atoms with E-state index in [-0.39, 0.29) is 22.8 Å². The molecular formula is C24H31N3O5S. The van der Waals surface area contributed by atoms with E-state index >= 15 is 0 Å². The molecule has 2 fully saturated rings. The zero-order valence-corrected chi connectivity index (χ0v) is 19.8. The Hall–Kier alpha value is -2.65. The lowest BCUT2D eigenvalue weighted by Gasteiger charge is -2.32. The van der Waals surface area contributed by atoms with Crippen LogP contribution in [0, 0.1) is 6.92 Å². The first-order valence-electron chi connectivity index (χ1n) is 11.6. The molecule has 1 N–H and O–H groups in total. The van der Waals surface area contributed by atoms with Gasteiger partial charge in [0.25, 0.3) is 11.8 Å². The number of furan rings is 1. The van der Waals surface area contributed by atoms with Crippen LogP contribution < -0.4 is 5.32 Å². The SMILES string of the molecule is Cc1ccoc1C(=O)NC1CCN(C(=O)c2cccc(S(=O)(=O)N3CCCCCC3)c2)CC1. The largest absolute Gasteiger partial charge is 0.459 e. The lowest BCUT2D eigenvalue weighted by atomic mass is 10.0. The van der Waals surface area contributed by atoms with E-state index in [1.54, 1.807) is 33.5 Å². The van der Waals surface area contributed by atoms with Gasteiger partial charge in [-0.05, 0) is 56.9 Å². The lowest BCUT2D eigenvalue weighted by Crippen LogP contribution is -2.46. The van der Waals surface area contributed by atoms with Crippen LogP contribution in [-0.4, -0.2) is 61.7 Å². The molecule has 1 aromatic carbocycles. The topological polar surface area (TPSA) is 99.9 Å². The number of likely N-dealkylation sites (tertiary alicyclic amines) is 1. The van der Waals surface area contributed by atoms with Crippen LogP contribution in [0.5, 0.6) is 0 Å². The number of benzene rings is 1. The highest BCUT2D eigenvalue weighted by molar-refractivity contribution is 7.89. The Morgan fingerprint density at radius 3 is 2.33 bits per heavy atom. The monoisotopic (exact) mass is 473 g/mol. The van der Waals surface area contributed by atoms with E-state index in [1.807, 2.05) is 6.92 Å². The summed E-state index contributed by atoms with van der Waals surface area (Å²) in [7, 11) is -3.61. The van der Waals surface area contributed by atoms with E-state index in [1.165, 1.54) is 12.3 Å². The molecule has 0 unspecified atom stereocenters. The molecule has 33 heavy (non-hydrogen) atoms. The van der Waals surface area contributed by atoms with Gasteiger partial charge in [0, 0.05) is 43.3 Å². The molecule has 178 valence electrons. The van der Waals surface area contributed by atoms with E-state index in [4.69, 9.17) is 4.42 Å². The van der Waals surface area contributed by atoms with E-state index < -0.39 is 10.0 Å². The van der Waals surface area contributed by atoms with Crippen LogP contribution in [0.15, 0.2) is 45.9 Å². The Balaban J connectivity index is 1.38. The molecule has 0 aliphatic carbocycles. The summed E-state index contributed by atoms with van der Waals surface area (Å²) in [4.78, 5) is 27.3. The molecule has 0 spiro atoms. The van der Waals surface area contributed by atoms with Crippen molar-refractivity contribution in [1.82, 2.24) is 14.5 Å². The van der Waals surface area contributed by atoms with Gasteiger partial charge in [-0.15, -0.1) is 0 Å². The third kappa shape index (κ3) is 5.30. The summed E-state index contributed by atoms with van der Waals surface area (Å²) in [5.74, 6) is -0.112. The van der Waals surface area contributed by atoms with Crippen molar-refractivity contribution in [3.8, 4) is 0 Å². The second-order valence-corrected chi connectivity index (χ2v) is 10.8. The summed E-state index contributed by atoms with van der Waals surface area (Å²) in [5.41, 5.74) is 1.16. The van der Waals surface area contributed by atoms with Gasteiger partial charge in [-0.3, -0.25) is 9.59 Å². The molecule has 0 radical (unpaired) electrons. The Morgan fingerprint density at radius 1 is 1.00 bits per heavy atom. The molecule has 0 bridgehead atoms. The number of carbonyl (C=O) groups is 2. The average molecular weight is 474 g/mol. The second-order valence-electron chi connectivity index (χ2n) is 8.82. The first kappa shape index (κ1) is 23.5. The van der Waals surface area contributed by atoms with Gasteiger partial charge in [-0.1, -0.05) is 18.9 Å². The number of amides is 2. The molecule has 2 aliphatic heterocycles. The number of piperidine rings is 1. The van der Waals surface area contributed by atoms with Crippen molar-refractivity contribution in [2.24, 2.45) is 0 Å². The molecule has 2 saturated heterocycles. The summed E-state index contributed by atoms with van der Waals surface area (Å²) >= 11 is 0. The molecule has 4 rings (SSSR count). The average Bonchev–Trinajstić information content (AvgIpc) is 3.07. The Kier molecular flexibility index (Phi) is 7.19. The number of sulfonamides is 1. The molecule has 0 saturated carbocycles.